The number of aliphatic carboxylic acids is 1. The van der Waals surface area contributed by atoms with Gasteiger partial charge < -0.3 is 5.11 Å². The van der Waals surface area contributed by atoms with Crippen LogP contribution >= 0.6 is 34.3 Å². The Balaban J connectivity index is 2.11. The van der Waals surface area contributed by atoms with Gasteiger partial charge in [0.05, 0.1) is 5.39 Å². The number of hydrogen-bond donors (Lipinski definition) is 1. The molecule has 3 aromatic heterocycles. The van der Waals surface area contributed by atoms with Crippen molar-refractivity contribution in [1.82, 2.24) is 9.55 Å². The second-order valence-corrected chi connectivity index (χ2v) is 9.00. The first-order valence-corrected chi connectivity index (χ1v) is 10.5. The van der Waals surface area contributed by atoms with Crippen molar-refractivity contribution in [3.05, 3.63) is 62.5 Å². The number of halogens is 1. The van der Waals surface area contributed by atoms with Gasteiger partial charge in [-0.3, -0.25) is 9.36 Å². The lowest BCUT2D eigenvalue weighted by atomic mass is 10.0. The first kappa shape index (κ1) is 18.9. The molecule has 0 radical (unpaired) electrons. The molecule has 0 amide bonds. The predicted octanol–water partition coefficient (Wildman–Crippen LogP) is 5.33. The topological polar surface area (TPSA) is 72.2 Å². The van der Waals surface area contributed by atoms with Crippen molar-refractivity contribution in [1.29, 1.82) is 0 Å². The van der Waals surface area contributed by atoms with Gasteiger partial charge in [0.2, 0.25) is 0 Å². The molecule has 8 heteroatoms. The molecule has 0 fully saturated rings. The number of carbonyl (C=O) groups is 1. The Bertz CT molecular complexity index is 1240. The van der Waals surface area contributed by atoms with E-state index in [1.54, 1.807) is 24.3 Å². The molecule has 0 atom stereocenters. The molecule has 0 spiro atoms. The van der Waals surface area contributed by atoms with E-state index < -0.39 is 11.5 Å². The van der Waals surface area contributed by atoms with Crippen LogP contribution in [-0.2, 0) is 10.3 Å². The van der Waals surface area contributed by atoms with Crippen molar-refractivity contribution in [2.45, 2.75) is 19.4 Å². The van der Waals surface area contributed by atoms with E-state index in [0.29, 0.717) is 26.6 Å². The van der Waals surface area contributed by atoms with Crippen LogP contribution < -0.4 is 5.56 Å². The average Bonchev–Trinajstić information content (AvgIpc) is 3.31. The van der Waals surface area contributed by atoms with E-state index in [1.807, 2.05) is 22.9 Å². The minimum absolute atomic E-state index is 0.307. The second-order valence-electron chi connectivity index (χ2n) is 6.75. The average molecular weight is 431 g/mol. The molecule has 28 heavy (non-hydrogen) atoms. The maximum atomic E-state index is 13.6. The molecule has 142 valence electrons. The maximum Gasteiger partial charge on any atom is 0.329 e. The molecule has 0 bridgehead atoms. The molecule has 1 aromatic carbocycles. The number of rotatable bonds is 4. The molecule has 0 aliphatic rings. The lowest BCUT2D eigenvalue weighted by molar-refractivity contribution is -0.145. The maximum absolute atomic E-state index is 13.6. The summed E-state index contributed by atoms with van der Waals surface area (Å²) in [5.41, 5.74) is -0.442. The normalized spacial score (nSPS) is 11.8. The minimum atomic E-state index is -1.48. The number of fused-ring (bicyclic) bond motifs is 1. The predicted molar refractivity (Wildman–Crippen MR) is 115 cm³/mol. The van der Waals surface area contributed by atoms with Crippen molar-refractivity contribution in [2.24, 2.45) is 0 Å². The minimum Gasteiger partial charge on any atom is -0.480 e. The second kappa shape index (κ2) is 6.84. The zero-order valence-electron chi connectivity index (χ0n) is 15.0. The SMILES string of the molecule is CC(C)(C(=O)O)n1c(-c2ccc(Cl)cc2)nc2scc(-c3cccs3)c2c1=O. The highest BCUT2D eigenvalue weighted by molar-refractivity contribution is 7.18. The van der Waals surface area contributed by atoms with Crippen molar-refractivity contribution in [3.8, 4) is 21.8 Å². The Kier molecular flexibility index (Phi) is 4.61. The molecule has 0 unspecified atom stereocenters. The van der Waals surface area contributed by atoms with Gasteiger partial charge in [0.25, 0.3) is 5.56 Å². The van der Waals surface area contributed by atoms with E-state index >= 15 is 0 Å². The van der Waals surface area contributed by atoms with E-state index in [4.69, 9.17) is 16.6 Å². The van der Waals surface area contributed by atoms with Crippen molar-refractivity contribution >= 4 is 50.5 Å². The molecule has 0 saturated heterocycles. The van der Waals surface area contributed by atoms with Gasteiger partial charge >= 0.3 is 5.97 Å². The largest absolute Gasteiger partial charge is 0.480 e. The Morgan fingerprint density at radius 1 is 1.18 bits per heavy atom. The molecule has 0 aliphatic heterocycles. The van der Waals surface area contributed by atoms with Crippen LogP contribution in [-0.4, -0.2) is 20.6 Å². The summed E-state index contributed by atoms with van der Waals surface area (Å²) in [6.45, 7) is 3.00. The number of aromatic nitrogens is 2. The highest BCUT2D eigenvalue weighted by atomic mass is 35.5. The van der Waals surface area contributed by atoms with Crippen molar-refractivity contribution < 1.29 is 9.90 Å². The van der Waals surface area contributed by atoms with Crippen molar-refractivity contribution in [2.75, 3.05) is 0 Å². The van der Waals surface area contributed by atoms with Gasteiger partial charge in [-0.1, -0.05) is 17.7 Å². The van der Waals surface area contributed by atoms with Gasteiger partial charge in [-0.05, 0) is 49.6 Å². The highest BCUT2D eigenvalue weighted by Crippen LogP contribution is 2.36. The Hall–Kier alpha value is -2.48. The third kappa shape index (κ3) is 2.96. The third-order valence-corrected chi connectivity index (χ3v) is 6.61. The molecular weight excluding hydrogens is 416 g/mol. The van der Waals surface area contributed by atoms with Crippen LogP contribution in [0.5, 0.6) is 0 Å². The molecule has 4 rings (SSSR count). The van der Waals surface area contributed by atoms with Gasteiger partial charge in [0.1, 0.15) is 16.2 Å². The lowest BCUT2D eigenvalue weighted by Gasteiger charge is -2.25. The number of benzene rings is 1. The number of nitrogens with zero attached hydrogens (tertiary/aromatic N) is 2. The number of hydrogen-bond acceptors (Lipinski definition) is 5. The van der Waals surface area contributed by atoms with Gasteiger partial charge in [0.15, 0.2) is 0 Å². The monoisotopic (exact) mass is 430 g/mol. The van der Waals surface area contributed by atoms with Crippen LogP contribution in [0, 0.1) is 0 Å². The summed E-state index contributed by atoms with van der Waals surface area (Å²) >= 11 is 8.89. The van der Waals surface area contributed by atoms with Crippen LogP contribution in [0.2, 0.25) is 5.02 Å². The van der Waals surface area contributed by atoms with E-state index in [1.165, 1.54) is 41.1 Å². The van der Waals surface area contributed by atoms with Gasteiger partial charge in [-0.25, -0.2) is 9.78 Å². The molecule has 1 N–H and O–H groups in total. The number of thiophene rings is 2. The molecule has 4 aromatic rings. The molecule has 0 aliphatic carbocycles. The third-order valence-electron chi connectivity index (χ3n) is 4.58. The summed E-state index contributed by atoms with van der Waals surface area (Å²) in [7, 11) is 0. The summed E-state index contributed by atoms with van der Waals surface area (Å²) in [5, 5.41) is 14.6. The van der Waals surface area contributed by atoms with Crippen LogP contribution in [0.1, 0.15) is 13.8 Å². The quantitative estimate of drug-likeness (QED) is 0.475. The van der Waals surface area contributed by atoms with E-state index in [9.17, 15) is 14.7 Å². The fourth-order valence-corrected chi connectivity index (χ4v) is 4.89. The van der Waals surface area contributed by atoms with Crippen LogP contribution in [0.4, 0.5) is 0 Å². The summed E-state index contributed by atoms with van der Waals surface area (Å²) in [5.74, 6) is -0.806. The smallest absolute Gasteiger partial charge is 0.329 e. The van der Waals surface area contributed by atoms with E-state index in [2.05, 4.69) is 0 Å². The Labute approximate surface area is 173 Å². The fraction of sp³-hybridized carbons (Fsp3) is 0.150. The van der Waals surface area contributed by atoms with Crippen LogP contribution in [0.3, 0.4) is 0 Å². The lowest BCUT2D eigenvalue weighted by Crippen LogP contribution is -2.44. The first-order chi connectivity index (χ1) is 13.3. The summed E-state index contributed by atoms with van der Waals surface area (Å²) in [6.07, 6.45) is 0. The summed E-state index contributed by atoms with van der Waals surface area (Å²) < 4.78 is 1.27. The van der Waals surface area contributed by atoms with E-state index in [0.717, 1.165) is 10.4 Å². The van der Waals surface area contributed by atoms with Crippen LogP contribution in [0.15, 0.2) is 52.0 Å². The van der Waals surface area contributed by atoms with Gasteiger partial charge in [0, 0.05) is 26.4 Å². The van der Waals surface area contributed by atoms with Crippen molar-refractivity contribution in [3.63, 3.8) is 0 Å². The molecule has 5 nitrogen and oxygen atoms in total. The number of carboxylic acid groups (broad SMARTS) is 1. The molecule has 0 saturated carbocycles. The number of carboxylic acids is 1. The fourth-order valence-electron chi connectivity index (χ4n) is 3.01. The van der Waals surface area contributed by atoms with Crippen LogP contribution in [0.25, 0.3) is 32.0 Å². The summed E-state index contributed by atoms with van der Waals surface area (Å²) in [4.78, 5) is 31.8. The highest BCUT2D eigenvalue weighted by Gasteiger charge is 2.35. The Morgan fingerprint density at radius 3 is 2.50 bits per heavy atom. The molecular formula is C20H15ClN2O3S2. The summed E-state index contributed by atoms with van der Waals surface area (Å²) in [6, 6.07) is 10.7. The zero-order valence-corrected chi connectivity index (χ0v) is 17.4. The molecule has 3 heterocycles. The zero-order chi connectivity index (χ0) is 20.1. The van der Waals surface area contributed by atoms with E-state index in [-0.39, 0.29) is 5.56 Å². The Morgan fingerprint density at radius 2 is 1.89 bits per heavy atom. The van der Waals surface area contributed by atoms with Gasteiger partial charge in [-0.15, -0.1) is 22.7 Å². The first-order valence-electron chi connectivity index (χ1n) is 8.38. The standard InChI is InChI=1S/C20H15ClN2O3S2/c1-20(2,19(25)26)23-16(11-5-7-12(21)8-6-11)22-17-15(18(23)24)13(10-28-17)14-4-3-9-27-14/h3-10H,1-2H3,(H,25,26). The van der Waals surface area contributed by atoms with Gasteiger partial charge in [-0.2, -0.15) is 0 Å².